The van der Waals surface area contributed by atoms with E-state index < -0.39 is 28.5 Å². The molecule has 1 atom stereocenters. The van der Waals surface area contributed by atoms with Crippen LogP contribution in [0.1, 0.15) is 37.5 Å². The van der Waals surface area contributed by atoms with Crippen molar-refractivity contribution in [3.05, 3.63) is 93.5 Å². The largest absolute Gasteiger partial charge is 0.355 e. The third-order valence-electron chi connectivity index (χ3n) is 6.40. The molecule has 0 aromatic heterocycles. The first-order valence-electron chi connectivity index (χ1n) is 12.7. The lowest BCUT2D eigenvalue weighted by Crippen LogP contribution is -2.51. The summed E-state index contributed by atoms with van der Waals surface area (Å²) in [7, 11) is -4.13. The summed E-state index contributed by atoms with van der Waals surface area (Å²) in [5.41, 5.74) is 2.66. The Morgan fingerprint density at radius 1 is 0.949 bits per heavy atom. The fourth-order valence-corrected chi connectivity index (χ4v) is 6.06. The monoisotopic (exact) mass is 589 g/mol. The van der Waals surface area contributed by atoms with Gasteiger partial charge in [0.15, 0.2) is 0 Å². The maximum Gasteiger partial charge on any atom is 0.264 e. The Kier molecular flexibility index (Phi) is 10.4. The van der Waals surface area contributed by atoms with Gasteiger partial charge < -0.3 is 10.2 Å². The van der Waals surface area contributed by atoms with E-state index in [4.69, 9.17) is 23.2 Å². The van der Waals surface area contributed by atoms with Crippen molar-refractivity contribution >= 4 is 50.7 Å². The van der Waals surface area contributed by atoms with Gasteiger partial charge in [-0.1, -0.05) is 72.1 Å². The van der Waals surface area contributed by atoms with Crippen LogP contribution in [0, 0.1) is 6.92 Å². The van der Waals surface area contributed by atoms with Crippen molar-refractivity contribution in [2.45, 2.75) is 51.6 Å². The number of sulfonamides is 1. The van der Waals surface area contributed by atoms with Gasteiger partial charge in [0.05, 0.1) is 10.6 Å². The molecule has 0 aliphatic carbocycles. The zero-order valence-corrected chi connectivity index (χ0v) is 24.8. The normalized spacial score (nSPS) is 12.1. The van der Waals surface area contributed by atoms with Gasteiger partial charge in [-0.3, -0.25) is 13.9 Å². The molecule has 7 nitrogen and oxygen atoms in total. The molecule has 0 unspecified atom stereocenters. The lowest BCUT2D eigenvalue weighted by Gasteiger charge is -2.32. The van der Waals surface area contributed by atoms with Crippen LogP contribution in [-0.4, -0.2) is 44.3 Å². The smallest absolute Gasteiger partial charge is 0.264 e. The summed E-state index contributed by atoms with van der Waals surface area (Å²) in [6.45, 7) is 7.03. The Balaban J connectivity index is 2.09. The van der Waals surface area contributed by atoms with E-state index in [0.29, 0.717) is 34.3 Å². The van der Waals surface area contributed by atoms with E-state index in [9.17, 15) is 18.0 Å². The summed E-state index contributed by atoms with van der Waals surface area (Å²) in [5.74, 6) is -0.917. The number of hydrogen-bond acceptors (Lipinski definition) is 4. The van der Waals surface area contributed by atoms with E-state index in [-0.39, 0.29) is 17.3 Å². The Bertz CT molecular complexity index is 1430. The minimum absolute atomic E-state index is 0.0129. The average Bonchev–Trinajstić information content (AvgIpc) is 2.91. The van der Waals surface area contributed by atoms with Crippen molar-refractivity contribution in [3.63, 3.8) is 0 Å². The fraction of sp³-hybridized carbons (Fsp3) is 0.310. The second-order valence-corrected chi connectivity index (χ2v) is 11.8. The average molecular weight is 591 g/mol. The summed E-state index contributed by atoms with van der Waals surface area (Å²) in [5, 5.41) is 3.51. The lowest BCUT2D eigenvalue weighted by molar-refractivity contribution is -0.139. The van der Waals surface area contributed by atoms with Crippen LogP contribution in [0.15, 0.2) is 71.6 Å². The van der Waals surface area contributed by atoms with E-state index in [0.717, 1.165) is 15.4 Å². The van der Waals surface area contributed by atoms with Crippen molar-refractivity contribution in [2.75, 3.05) is 17.4 Å². The topological polar surface area (TPSA) is 86.8 Å². The molecule has 0 radical (unpaired) electrons. The third-order valence-corrected chi connectivity index (χ3v) is 8.76. The summed E-state index contributed by atoms with van der Waals surface area (Å²) >= 11 is 12.5. The molecule has 3 rings (SSSR count). The lowest BCUT2D eigenvalue weighted by atomic mass is 10.1. The number of rotatable bonds is 11. The molecule has 0 fully saturated rings. The molecule has 0 aliphatic heterocycles. The highest BCUT2D eigenvalue weighted by Crippen LogP contribution is 2.29. The molecule has 0 aliphatic rings. The summed E-state index contributed by atoms with van der Waals surface area (Å²) in [6.07, 6.45) is 0.559. The molecule has 0 bridgehead atoms. The highest BCUT2D eigenvalue weighted by atomic mass is 35.5. The number of para-hydroxylation sites is 1. The quantitative estimate of drug-likeness (QED) is 0.315. The number of likely N-dealkylation sites (N-methyl/N-ethyl adjacent to an activating group) is 1. The van der Waals surface area contributed by atoms with Gasteiger partial charge in [0, 0.05) is 23.1 Å². The predicted molar refractivity (Wildman–Crippen MR) is 157 cm³/mol. The first kappa shape index (κ1) is 30.5. The van der Waals surface area contributed by atoms with Crippen molar-refractivity contribution in [1.29, 1.82) is 0 Å². The third kappa shape index (κ3) is 7.32. The van der Waals surface area contributed by atoms with Crippen LogP contribution in [0.5, 0.6) is 0 Å². The molecule has 208 valence electrons. The number of nitrogens with one attached hydrogen (secondary N) is 1. The number of halogens is 2. The molecule has 0 heterocycles. The first-order valence-corrected chi connectivity index (χ1v) is 14.9. The van der Waals surface area contributed by atoms with E-state index in [1.165, 1.54) is 17.0 Å². The molecule has 0 spiro atoms. The number of amides is 2. The molecule has 3 aromatic carbocycles. The molecule has 10 heteroatoms. The van der Waals surface area contributed by atoms with Crippen LogP contribution in [0.25, 0.3) is 0 Å². The van der Waals surface area contributed by atoms with Gasteiger partial charge >= 0.3 is 0 Å². The standard InChI is InChI=1S/C29H33Cl2N3O4S/c1-5-22-9-7-8-10-27(22)34(39(37,38)25-15-11-20(3)12-16-25)19-28(35)33(21(4)29(36)32-6-2)18-23-13-14-24(30)17-26(23)31/h7-17,21H,5-6,18-19H2,1-4H3,(H,32,36)/t21-/m1/s1. The van der Waals surface area contributed by atoms with E-state index in [2.05, 4.69) is 5.32 Å². The van der Waals surface area contributed by atoms with Crippen LogP contribution in [0.4, 0.5) is 5.69 Å². The molecule has 3 aromatic rings. The van der Waals surface area contributed by atoms with Gasteiger partial charge in [0.2, 0.25) is 11.8 Å². The number of anilines is 1. The van der Waals surface area contributed by atoms with E-state index in [1.807, 2.05) is 26.0 Å². The Labute approximate surface area is 240 Å². The molecular formula is C29H33Cl2N3O4S. The van der Waals surface area contributed by atoms with Gasteiger partial charge in [-0.05, 0) is 68.7 Å². The van der Waals surface area contributed by atoms with Gasteiger partial charge in [-0.15, -0.1) is 0 Å². The van der Waals surface area contributed by atoms with Crippen LogP contribution in [-0.2, 0) is 32.6 Å². The maximum absolute atomic E-state index is 14.0. The zero-order chi connectivity index (χ0) is 28.7. The Morgan fingerprint density at radius 3 is 2.23 bits per heavy atom. The van der Waals surface area contributed by atoms with Crippen LogP contribution in [0.3, 0.4) is 0 Å². The molecule has 0 saturated heterocycles. The second kappa shape index (κ2) is 13.3. The van der Waals surface area contributed by atoms with Crippen LogP contribution >= 0.6 is 23.2 Å². The summed E-state index contributed by atoms with van der Waals surface area (Å²) in [6, 6.07) is 17.6. The highest BCUT2D eigenvalue weighted by Gasteiger charge is 2.33. The highest BCUT2D eigenvalue weighted by molar-refractivity contribution is 7.92. The fourth-order valence-electron chi connectivity index (χ4n) is 4.14. The number of hydrogen-bond donors (Lipinski definition) is 1. The Hall–Kier alpha value is -3.07. The minimum Gasteiger partial charge on any atom is -0.355 e. The predicted octanol–water partition coefficient (Wildman–Crippen LogP) is 5.61. The number of carbonyl (C=O) groups is 2. The second-order valence-electron chi connectivity index (χ2n) is 9.13. The Morgan fingerprint density at radius 2 is 1.62 bits per heavy atom. The molecular weight excluding hydrogens is 557 g/mol. The van der Waals surface area contributed by atoms with Crippen LogP contribution < -0.4 is 9.62 Å². The van der Waals surface area contributed by atoms with E-state index in [1.54, 1.807) is 56.3 Å². The zero-order valence-electron chi connectivity index (χ0n) is 22.4. The van der Waals surface area contributed by atoms with Crippen molar-refractivity contribution in [1.82, 2.24) is 10.2 Å². The molecule has 39 heavy (non-hydrogen) atoms. The van der Waals surface area contributed by atoms with Gasteiger partial charge in [0.25, 0.3) is 10.0 Å². The van der Waals surface area contributed by atoms with Gasteiger partial charge in [-0.25, -0.2) is 8.42 Å². The minimum atomic E-state index is -4.13. The van der Waals surface area contributed by atoms with Gasteiger partial charge in [0.1, 0.15) is 12.6 Å². The van der Waals surface area contributed by atoms with Crippen molar-refractivity contribution in [3.8, 4) is 0 Å². The number of nitrogens with zero attached hydrogens (tertiary/aromatic N) is 2. The first-order chi connectivity index (χ1) is 18.5. The summed E-state index contributed by atoms with van der Waals surface area (Å²) in [4.78, 5) is 28.2. The van der Waals surface area contributed by atoms with Crippen molar-refractivity contribution in [2.24, 2.45) is 0 Å². The van der Waals surface area contributed by atoms with E-state index >= 15 is 0 Å². The summed E-state index contributed by atoms with van der Waals surface area (Å²) < 4.78 is 29.1. The molecule has 1 N–H and O–H groups in total. The number of aryl methyl sites for hydroxylation is 2. The van der Waals surface area contributed by atoms with Gasteiger partial charge in [-0.2, -0.15) is 0 Å². The number of benzene rings is 3. The van der Waals surface area contributed by atoms with Crippen molar-refractivity contribution < 1.29 is 18.0 Å². The number of carbonyl (C=O) groups excluding carboxylic acids is 2. The molecule has 0 saturated carbocycles. The molecule has 2 amide bonds. The SMILES string of the molecule is CCNC(=O)[C@@H](C)N(Cc1ccc(Cl)cc1Cl)C(=O)CN(c1ccccc1CC)S(=O)(=O)c1ccc(C)cc1. The van der Waals surface area contributed by atoms with Crippen LogP contribution in [0.2, 0.25) is 10.0 Å². The maximum atomic E-state index is 14.0.